The van der Waals surface area contributed by atoms with E-state index in [1.807, 2.05) is 6.08 Å². The third-order valence-corrected chi connectivity index (χ3v) is 2.34. The maximum absolute atomic E-state index is 5.75. The van der Waals surface area contributed by atoms with E-state index in [0.29, 0.717) is 5.92 Å². The standard InChI is InChI=1S/C11H17N/c1-3-4-5-10-8-11(12)7-6-9(10)2/h3-4,6-7,10H,5,8,12H2,1-2H3. The summed E-state index contributed by atoms with van der Waals surface area (Å²) in [5, 5.41) is 0. The number of nitrogens with two attached hydrogens (primary N) is 1. The minimum atomic E-state index is 0.631. The molecule has 66 valence electrons. The van der Waals surface area contributed by atoms with Crippen LogP contribution in [0.5, 0.6) is 0 Å². The van der Waals surface area contributed by atoms with E-state index < -0.39 is 0 Å². The highest BCUT2D eigenvalue weighted by atomic mass is 14.6. The Balaban J connectivity index is 2.57. The van der Waals surface area contributed by atoms with Crippen LogP contribution in [0.25, 0.3) is 0 Å². The maximum atomic E-state index is 5.75. The summed E-state index contributed by atoms with van der Waals surface area (Å²) in [4.78, 5) is 0. The van der Waals surface area contributed by atoms with Crippen LogP contribution >= 0.6 is 0 Å². The van der Waals surface area contributed by atoms with Crippen molar-refractivity contribution >= 4 is 0 Å². The average Bonchev–Trinajstić information content (AvgIpc) is 2.07. The molecule has 1 nitrogen and oxygen atoms in total. The van der Waals surface area contributed by atoms with Gasteiger partial charge >= 0.3 is 0 Å². The lowest BCUT2D eigenvalue weighted by atomic mass is 9.88. The van der Waals surface area contributed by atoms with Crippen molar-refractivity contribution in [1.82, 2.24) is 0 Å². The first kappa shape index (κ1) is 9.11. The van der Waals surface area contributed by atoms with Crippen molar-refractivity contribution in [1.29, 1.82) is 0 Å². The van der Waals surface area contributed by atoms with Crippen LogP contribution in [-0.4, -0.2) is 0 Å². The first-order valence-corrected chi connectivity index (χ1v) is 4.48. The normalized spacial score (nSPS) is 24.0. The molecule has 12 heavy (non-hydrogen) atoms. The summed E-state index contributed by atoms with van der Waals surface area (Å²) in [7, 11) is 0. The minimum absolute atomic E-state index is 0.631. The summed E-state index contributed by atoms with van der Waals surface area (Å²) in [6.45, 7) is 4.23. The number of rotatable bonds is 2. The van der Waals surface area contributed by atoms with Gasteiger partial charge in [-0.25, -0.2) is 0 Å². The molecule has 2 N–H and O–H groups in total. The first-order chi connectivity index (χ1) is 5.74. The SMILES string of the molecule is CC=CCC1CC(N)=CC=C1C. The van der Waals surface area contributed by atoms with Crippen LogP contribution < -0.4 is 5.73 Å². The van der Waals surface area contributed by atoms with Gasteiger partial charge in [-0.05, 0) is 38.7 Å². The first-order valence-electron chi connectivity index (χ1n) is 4.48. The van der Waals surface area contributed by atoms with Gasteiger partial charge in [-0.1, -0.05) is 23.8 Å². The molecule has 0 spiro atoms. The fourth-order valence-corrected chi connectivity index (χ4v) is 1.46. The molecule has 1 aliphatic rings. The molecular formula is C11H17N. The highest BCUT2D eigenvalue weighted by Crippen LogP contribution is 2.25. The highest BCUT2D eigenvalue weighted by molar-refractivity contribution is 5.24. The van der Waals surface area contributed by atoms with Crippen LogP contribution in [-0.2, 0) is 0 Å². The molecule has 1 atom stereocenters. The molecule has 0 amide bonds. The summed E-state index contributed by atoms with van der Waals surface area (Å²) in [6.07, 6.45) is 10.6. The molecular weight excluding hydrogens is 146 g/mol. The second kappa shape index (κ2) is 4.15. The zero-order valence-corrected chi connectivity index (χ0v) is 7.88. The summed E-state index contributed by atoms with van der Waals surface area (Å²) < 4.78 is 0. The molecule has 1 heteroatoms. The summed E-state index contributed by atoms with van der Waals surface area (Å²) in [5.41, 5.74) is 8.21. The van der Waals surface area contributed by atoms with Crippen LogP contribution in [0.3, 0.4) is 0 Å². The Bertz CT molecular complexity index is 233. The van der Waals surface area contributed by atoms with Gasteiger partial charge in [0, 0.05) is 5.70 Å². The maximum Gasteiger partial charge on any atom is 0.00865 e. The van der Waals surface area contributed by atoms with E-state index in [0.717, 1.165) is 18.5 Å². The molecule has 0 saturated carbocycles. The Hall–Kier alpha value is -0.980. The summed E-state index contributed by atoms with van der Waals surface area (Å²) in [6, 6.07) is 0. The van der Waals surface area contributed by atoms with Crippen LogP contribution in [0.4, 0.5) is 0 Å². The molecule has 0 aliphatic heterocycles. The zero-order chi connectivity index (χ0) is 8.97. The van der Waals surface area contributed by atoms with Crippen molar-refractivity contribution < 1.29 is 0 Å². The van der Waals surface area contributed by atoms with Crippen LogP contribution in [0.2, 0.25) is 0 Å². The summed E-state index contributed by atoms with van der Waals surface area (Å²) >= 11 is 0. The van der Waals surface area contributed by atoms with Gasteiger partial charge in [-0.15, -0.1) is 0 Å². The Morgan fingerprint density at radius 1 is 1.58 bits per heavy atom. The lowest BCUT2D eigenvalue weighted by Crippen LogP contribution is -2.11. The molecule has 0 fully saturated rings. The van der Waals surface area contributed by atoms with Crippen LogP contribution in [0.15, 0.2) is 35.6 Å². The van der Waals surface area contributed by atoms with E-state index in [2.05, 4.69) is 32.1 Å². The van der Waals surface area contributed by atoms with Gasteiger partial charge in [0.1, 0.15) is 0 Å². The van der Waals surface area contributed by atoms with Crippen molar-refractivity contribution in [2.24, 2.45) is 11.7 Å². The number of allylic oxidation sites excluding steroid dienone is 6. The predicted molar refractivity (Wildman–Crippen MR) is 53.6 cm³/mol. The minimum Gasteiger partial charge on any atom is -0.402 e. The van der Waals surface area contributed by atoms with E-state index >= 15 is 0 Å². The van der Waals surface area contributed by atoms with Crippen molar-refractivity contribution in [2.45, 2.75) is 26.7 Å². The lowest BCUT2D eigenvalue weighted by Gasteiger charge is -2.19. The van der Waals surface area contributed by atoms with Gasteiger partial charge in [-0.3, -0.25) is 0 Å². The topological polar surface area (TPSA) is 26.0 Å². The van der Waals surface area contributed by atoms with E-state index in [1.54, 1.807) is 0 Å². The fourth-order valence-electron chi connectivity index (χ4n) is 1.46. The summed E-state index contributed by atoms with van der Waals surface area (Å²) in [5.74, 6) is 0.631. The van der Waals surface area contributed by atoms with Gasteiger partial charge in [0.05, 0.1) is 0 Å². The van der Waals surface area contributed by atoms with E-state index in [-0.39, 0.29) is 0 Å². The van der Waals surface area contributed by atoms with E-state index in [1.165, 1.54) is 5.57 Å². The fraction of sp³-hybridized carbons (Fsp3) is 0.455. The molecule has 1 rings (SSSR count). The van der Waals surface area contributed by atoms with Crippen molar-refractivity contribution in [3.8, 4) is 0 Å². The molecule has 0 radical (unpaired) electrons. The predicted octanol–water partition coefficient (Wildman–Crippen LogP) is 2.76. The largest absolute Gasteiger partial charge is 0.402 e. The second-order valence-electron chi connectivity index (χ2n) is 3.36. The van der Waals surface area contributed by atoms with Gasteiger partial charge in [0.25, 0.3) is 0 Å². The zero-order valence-electron chi connectivity index (χ0n) is 7.88. The van der Waals surface area contributed by atoms with Crippen molar-refractivity contribution in [2.75, 3.05) is 0 Å². The average molecular weight is 163 g/mol. The van der Waals surface area contributed by atoms with E-state index in [4.69, 9.17) is 5.73 Å². The number of hydrogen-bond acceptors (Lipinski definition) is 1. The second-order valence-corrected chi connectivity index (χ2v) is 3.36. The molecule has 0 aromatic heterocycles. The molecule has 1 unspecified atom stereocenters. The Morgan fingerprint density at radius 3 is 3.00 bits per heavy atom. The molecule has 0 aromatic rings. The molecule has 0 saturated heterocycles. The van der Waals surface area contributed by atoms with Crippen molar-refractivity contribution in [3.05, 3.63) is 35.6 Å². The van der Waals surface area contributed by atoms with Crippen molar-refractivity contribution in [3.63, 3.8) is 0 Å². The Kier molecular flexibility index (Phi) is 3.15. The molecule has 0 heterocycles. The molecule has 0 aromatic carbocycles. The molecule has 0 bridgehead atoms. The third-order valence-electron chi connectivity index (χ3n) is 2.34. The van der Waals surface area contributed by atoms with Crippen LogP contribution in [0.1, 0.15) is 26.7 Å². The van der Waals surface area contributed by atoms with Gasteiger partial charge < -0.3 is 5.73 Å². The monoisotopic (exact) mass is 163 g/mol. The Labute approximate surface area is 74.7 Å². The highest BCUT2D eigenvalue weighted by Gasteiger charge is 2.12. The van der Waals surface area contributed by atoms with Gasteiger partial charge in [-0.2, -0.15) is 0 Å². The number of hydrogen-bond donors (Lipinski definition) is 1. The van der Waals surface area contributed by atoms with Gasteiger partial charge in [0.15, 0.2) is 0 Å². The molecule has 1 aliphatic carbocycles. The lowest BCUT2D eigenvalue weighted by molar-refractivity contribution is 0.603. The Morgan fingerprint density at radius 2 is 2.33 bits per heavy atom. The van der Waals surface area contributed by atoms with Gasteiger partial charge in [0.2, 0.25) is 0 Å². The smallest absolute Gasteiger partial charge is 0.00865 e. The third kappa shape index (κ3) is 2.26. The van der Waals surface area contributed by atoms with Crippen LogP contribution in [0, 0.1) is 5.92 Å². The van der Waals surface area contributed by atoms with E-state index in [9.17, 15) is 0 Å². The quantitative estimate of drug-likeness (QED) is 0.622.